The average Bonchev–Trinajstić information content (AvgIpc) is 2.67. The monoisotopic (exact) mass is 354 g/mol. The van der Waals surface area contributed by atoms with Crippen LogP contribution in [-0.4, -0.2) is 47.6 Å². The summed E-state index contributed by atoms with van der Waals surface area (Å²) in [6.07, 6.45) is 5.28. The van der Waals surface area contributed by atoms with Gasteiger partial charge in [-0.25, -0.2) is 9.97 Å². The van der Waals surface area contributed by atoms with Gasteiger partial charge in [-0.2, -0.15) is 0 Å². The number of carbonyl (C=O) groups is 1. The van der Waals surface area contributed by atoms with Crippen molar-refractivity contribution in [2.75, 3.05) is 32.1 Å². The van der Waals surface area contributed by atoms with Crippen LogP contribution in [0.4, 0.5) is 11.6 Å². The second-order valence-corrected chi connectivity index (χ2v) is 6.65. The van der Waals surface area contributed by atoms with E-state index < -0.39 is 0 Å². The molecular formula is C20H26N4O2. The Balaban J connectivity index is 1.58. The molecule has 1 atom stereocenters. The number of nitrogens with zero attached hydrogens (tertiary/aromatic N) is 3. The standard InChI is InChI=1S/C20H26N4O2/c1-26-13-10-20(25)24-12-5-6-16(15-24)14-17-7-4-9-19(22-17)23-18-8-2-3-11-21-18/h2-4,7-9,11,16H,5-6,10,12-15H2,1H3,(H,21,22,23). The summed E-state index contributed by atoms with van der Waals surface area (Å²) in [4.78, 5) is 23.2. The molecule has 0 saturated carbocycles. The number of methoxy groups -OCH3 is 1. The third-order valence-corrected chi connectivity index (χ3v) is 4.62. The number of nitrogens with one attached hydrogen (secondary N) is 1. The third kappa shape index (κ3) is 5.26. The van der Waals surface area contributed by atoms with Crippen molar-refractivity contribution < 1.29 is 9.53 Å². The number of aromatic nitrogens is 2. The number of hydrogen-bond acceptors (Lipinski definition) is 5. The van der Waals surface area contributed by atoms with Crippen LogP contribution in [-0.2, 0) is 16.0 Å². The quantitative estimate of drug-likeness (QED) is 0.828. The summed E-state index contributed by atoms with van der Waals surface area (Å²) in [7, 11) is 1.63. The largest absolute Gasteiger partial charge is 0.384 e. The van der Waals surface area contributed by atoms with Gasteiger partial charge in [-0.05, 0) is 49.4 Å². The number of piperidine rings is 1. The van der Waals surface area contributed by atoms with E-state index in [4.69, 9.17) is 9.72 Å². The lowest BCUT2D eigenvalue weighted by molar-refractivity contribution is -0.133. The van der Waals surface area contributed by atoms with Gasteiger partial charge in [0, 0.05) is 32.1 Å². The van der Waals surface area contributed by atoms with Crippen molar-refractivity contribution in [2.45, 2.75) is 25.7 Å². The molecule has 1 fully saturated rings. The molecule has 1 amide bonds. The predicted molar refractivity (Wildman–Crippen MR) is 101 cm³/mol. The van der Waals surface area contributed by atoms with Crippen molar-refractivity contribution in [3.8, 4) is 0 Å². The van der Waals surface area contributed by atoms with Crippen LogP contribution in [0.5, 0.6) is 0 Å². The smallest absolute Gasteiger partial charge is 0.224 e. The van der Waals surface area contributed by atoms with E-state index in [-0.39, 0.29) is 5.91 Å². The highest BCUT2D eigenvalue weighted by Gasteiger charge is 2.23. The minimum Gasteiger partial charge on any atom is -0.384 e. The molecule has 6 heteroatoms. The van der Waals surface area contributed by atoms with E-state index in [0.717, 1.165) is 49.7 Å². The molecule has 1 N–H and O–H groups in total. The highest BCUT2D eigenvalue weighted by Crippen LogP contribution is 2.22. The topological polar surface area (TPSA) is 67.3 Å². The summed E-state index contributed by atoms with van der Waals surface area (Å²) in [5, 5.41) is 3.23. The lowest BCUT2D eigenvalue weighted by Gasteiger charge is -2.32. The first-order valence-electron chi connectivity index (χ1n) is 9.15. The lowest BCUT2D eigenvalue weighted by Crippen LogP contribution is -2.40. The lowest BCUT2D eigenvalue weighted by atomic mass is 9.93. The summed E-state index contributed by atoms with van der Waals surface area (Å²) >= 11 is 0. The molecule has 26 heavy (non-hydrogen) atoms. The Morgan fingerprint density at radius 2 is 2.15 bits per heavy atom. The molecule has 0 aromatic carbocycles. The maximum atomic E-state index is 12.2. The molecule has 1 unspecified atom stereocenters. The van der Waals surface area contributed by atoms with Crippen LogP contribution in [0.2, 0.25) is 0 Å². The predicted octanol–water partition coefficient (Wildman–Crippen LogP) is 3.04. The summed E-state index contributed by atoms with van der Waals surface area (Å²) in [5.74, 6) is 2.22. The highest BCUT2D eigenvalue weighted by atomic mass is 16.5. The fourth-order valence-electron chi connectivity index (χ4n) is 3.33. The van der Waals surface area contributed by atoms with E-state index in [1.54, 1.807) is 13.3 Å². The number of hydrogen-bond donors (Lipinski definition) is 1. The van der Waals surface area contributed by atoms with Gasteiger partial charge in [0.05, 0.1) is 13.0 Å². The number of rotatable bonds is 7. The van der Waals surface area contributed by atoms with E-state index in [9.17, 15) is 4.79 Å². The number of pyridine rings is 2. The average molecular weight is 354 g/mol. The minimum atomic E-state index is 0.190. The van der Waals surface area contributed by atoms with Crippen LogP contribution in [0.15, 0.2) is 42.6 Å². The van der Waals surface area contributed by atoms with Crippen molar-refractivity contribution in [1.82, 2.24) is 14.9 Å². The Hall–Kier alpha value is -2.47. The van der Waals surface area contributed by atoms with Gasteiger partial charge in [0.2, 0.25) is 5.91 Å². The summed E-state index contributed by atoms with van der Waals surface area (Å²) < 4.78 is 5.02. The van der Waals surface area contributed by atoms with E-state index in [2.05, 4.69) is 16.4 Å². The third-order valence-electron chi connectivity index (χ3n) is 4.62. The van der Waals surface area contributed by atoms with E-state index >= 15 is 0 Å². The summed E-state index contributed by atoms with van der Waals surface area (Å²) in [6, 6.07) is 11.8. The number of carbonyl (C=O) groups excluding carboxylic acids is 1. The summed E-state index contributed by atoms with van der Waals surface area (Å²) in [5.41, 5.74) is 1.04. The molecule has 1 aliphatic rings. The minimum absolute atomic E-state index is 0.190. The van der Waals surface area contributed by atoms with Gasteiger partial charge < -0.3 is 15.0 Å². The first-order chi connectivity index (χ1) is 12.7. The van der Waals surface area contributed by atoms with Gasteiger partial charge in [-0.15, -0.1) is 0 Å². The zero-order valence-corrected chi connectivity index (χ0v) is 15.2. The molecular weight excluding hydrogens is 328 g/mol. The Morgan fingerprint density at radius 3 is 2.96 bits per heavy atom. The van der Waals surface area contributed by atoms with Gasteiger partial charge in [0.25, 0.3) is 0 Å². The molecule has 2 aromatic heterocycles. The SMILES string of the molecule is COCCC(=O)N1CCCC(Cc2cccc(Nc3ccccn3)n2)C1. The number of ether oxygens (including phenoxy) is 1. The maximum Gasteiger partial charge on any atom is 0.224 e. The molecule has 6 nitrogen and oxygen atoms in total. The van der Waals surface area contributed by atoms with E-state index in [1.165, 1.54) is 0 Å². The van der Waals surface area contributed by atoms with Gasteiger partial charge in [0.1, 0.15) is 11.6 Å². The molecule has 0 radical (unpaired) electrons. The molecule has 1 aliphatic heterocycles. The number of likely N-dealkylation sites (tertiary alicyclic amines) is 1. The van der Waals surface area contributed by atoms with Crippen LogP contribution in [0.1, 0.15) is 25.0 Å². The van der Waals surface area contributed by atoms with Crippen molar-refractivity contribution in [2.24, 2.45) is 5.92 Å². The Kier molecular flexibility index (Phi) is 6.55. The van der Waals surface area contributed by atoms with Gasteiger partial charge in [-0.1, -0.05) is 12.1 Å². The van der Waals surface area contributed by atoms with Gasteiger partial charge in [0.15, 0.2) is 0 Å². The fourth-order valence-corrected chi connectivity index (χ4v) is 3.33. The summed E-state index contributed by atoms with van der Waals surface area (Å²) in [6.45, 7) is 2.15. The fraction of sp³-hybridized carbons (Fsp3) is 0.450. The van der Waals surface area contributed by atoms with E-state index in [0.29, 0.717) is 18.9 Å². The molecule has 0 bridgehead atoms. The van der Waals surface area contributed by atoms with Gasteiger partial charge in [-0.3, -0.25) is 4.79 Å². The van der Waals surface area contributed by atoms with Crippen LogP contribution in [0.25, 0.3) is 0 Å². The van der Waals surface area contributed by atoms with Crippen LogP contribution < -0.4 is 5.32 Å². The first kappa shape index (κ1) is 18.3. The van der Waals surface area contributed by atoms with Crippen molar-refractivity contribution >= 4 is 17.5 Å². The molecule has 138 valence electrons. The molecule has 2 aromatic rings. The van der Waals surface area contributed by atoms with Crippen molar-refractivity contribution in [3.05, 3.63) is 48.3 Å². The van der Waals surface area contributed by atoms with Crippen molar-refractivity contribution in [1.29, 1.82) is 0 Å². The van der Waals surface area contributed by atoms with Crippen LogP contribution >= 0.6 is 0 Å². The zero-order valence-electron chi connectivity index (χ0n) is 15.2. The molecule has 0 spiro atoms. The molecule has 0 aliphatic carbocycles. The normalized spacial score (nSPS) is 17.1. The first-order valence-corrected chi connectivity index (χ1v) is 9.15. The number of amides is 1. The Labute approximate surface area is 154 Å². The Bertz CT molecular complexity index is 708. The molecule has 1 saturated heterocycles. The van der Waals surface area contributed by atoms with E-state index in [1.807, 2.05) is 35.2 Å². The highest BCUT2D eigenvalue weighted by molar-refractivity contribution is 5.76. The maximum absolute atomic E-state index is 12.2. The zero-order chi connectivity index (χ0) is 18.2. The Morgan fingerprint density at radius 1 is 1.27 bits per heavy atom. The van der Waals surface area contributed by atoms with Crippen molar-refractivity contribution in [3.63, 3.8) is 0 Å². The molecule has 3 heterocycles. The second-order valence-electron chi connectivity index (χ2n) is 6.65. The molecule has 3 rings (SSSR count). The van der Waals surface area contributed by atoms with Crippen LogP contribution in [0, 0.1) is 5.92 Å². The van der Waals surface area contributed by atoms with Gasteiger partial charge >= 0.3 is 0 Å². The number of anilines is 2. The van der Waals surface area contributed by atoms with Crippen LogP contribution in [0.3, 0.4) is 0 Å². The second kappa shape index (κ2) is 9.29.